The van der Waals surface area contributed by atoms with Crippen molar-refractivity contribution in [3.05, 3.63) is 11.8 Å². The first-order valence-electron chi connectivity index (χ1n) is 3.65. The van der Waals surface area contributed by atoms with Crippen molar-refractivity contribution in [3.8, 4) is 0 Å². The fraction of sp³-hybridized carbons (Fsp3) is 0.714. The molecule has 5 N–H and O–H groups in total. The summed E-state index contributed by atoms with van der Waals surface area (Å²) in [6, 6.07) is 0. The second-order valence-electron chi connectivity index (χ2n) is 3.35. The Kier molecular flexibility index (Phi) is 4.10. The van der Waals surface area contributed by atoms with E-state index in [1.807, 2.05) is 13.0 Å². The van der Waals surface area contributed by atoms with Gasteiger partial charge >= 0.3 is 0 Å². The van der Waals surface area contributed by atoms with E-state index in [1.165, 1.54) is 0 Å². The smallest absolute Gasteiger partial charge is 0.0286 e. The molecule has 4 heteroatoms. The third-order valence-corrected chi connectivity index (χ3v) is 1.37. The highest BCUT2D eigenvalue weighted by atomic mass is 15.7. The quantitative estimate of drug-likeness (QED) is 0.355. The van der Waals surface area contributed by atoms with Crippen LogP contribution >= 0.6 is 0 Å². The zero-order chi connectivity index (χ0) is 8.91. The molecule has 0 fully saturated rings. The first-order valence-corrected chi connectivity index (χ1v) is 3.65. The third kappa shape index (κ3) is 3.98. The predicted octanol–water partition coefficient (Wildman–Crippen LogP) is 0.409. The molecule has 0 aromatic carbocycles. The highest BCUT2D eigenvalue weighted by molar-refractivity contribution is 5.05. The van der Waals surface area contributed by atoms with Crippen LogP contribution in [0.4, 0.5) is 0 Å². The molecule has 0 aromatic heterocycles. The molecule has 0 aromatic rings. The number of hydrogen-bond acceptors (Lipinski definition) is 4. The lowest BCUT2D eigenvalue weighted by Crippen LogP contribution is -2.48. The highest BCUT2D eigenvalue weighted by Crippen LogP contribution is 2.21. The Morgan fingerprint density at radius 3 is 2.18 bits per heavy atom. The molecule has 0 spiro atoms. The maximum absolute atomic E-state index is 5.02. The minimum atomic E-state index is 0.110. The summed E-state index contributed by atoms with van der Waals surface area (Å²) in [5, 5.41) is 0. The Morgan fingerprint density at radius 1 is 1.36 bits per heavy atom. The fourth-order valence-corrected chi connectivity index (χ4v) is 0.796. The van der Waals surface area contributed by atoms with Crippen LogP contribution in [0.15, 0.2) is 11.8 Å². The van der Waals surface area contributed by atoms with E-state index in [4.69, 9.17) is 5.84 Å². The van der Waals surface area contributed by atoms with E-state index in [1.54, 1.807) is 0 Å². The molecule has 0 saturated carbocycles. The van der Waals surface area contributed by atoms with Crippen molar-refractivity contribution < 1.29 is 0 Å². The van der Waals surface area contributed by atoms with Gasteiger partial charge in [0.2, 0.25) is 0 Å². The second kappa shape index (κ2) is 4.33. The first kappa shape index (κ1) is 10.4. The summed E-state index contributed by atoms with van der Waals surface area (Å²) in [5.41, 5.74) is 9.05. The van der Waals surface area contributed by atoms with Crippen LogP contribution in [0.2, 0.25) is 0 Å². The predicted molar refractivity (Wildman–Crippen MR) is 46.8 cm³/mol. The van der Waals surface area contributed by atoms with Gasteiger partial charge in [0.05, 0.1) is 0 Å². The Balaban J connectivity index is 3.99. The molecule has 0 unspecified atom stereocenters. The van der Waals surface area contributed by atoms with E-state index in [-0.39, 0.29) is 5.41 Å². The van der Waals surface area contributed by atoms with Crippen LogP contribution < -0.4 is 22.3 Å². The molecule has 0 atom stereocenters. The van der Waals surface area contributed by atoms with Gasteiger partial charge in [-0.1, -0.05) is 26.8 Å². The van der Waals surface area contributed by atoms with E-state index in [0.717, 1.165) is 5.70 Å². The van der Waals surface area contributed by atoms with Crippen LogP contribution in [0.25, 0.3) is 0 Å². The molecule has 0 radical (unpaired) electrons. The number of rotatable bonds is 3. The lowest BCUT2D eigenvalue weighted by Gasteiger charge is -2.23. The van der Waals surface area contributed by atoms with Gasteiger partial charge in [0, 0.05) is 11.1 Å². The van der Waals surface area contributed by atoms with Gasteiger partial charge in [-0.05, 0) is 6.92 Å². The van der Waals surface area contributed by atoms with E-state index in [0.29, 0.717) is 0 Å². The number of hydrazine groups is 3. The summed E-state index contributed by atoms with van der Waals surface area (Å²) in [5.74, 6) is 5.02. The zero-order valence-corrected chi connectivity index (χ0v) is 7.65. The average molecular weight is 158 g/mol. The molecule has 0 bridgehead atoms. The van der Waals surface area contributed by atoms with Crippen LogP contribution in [0.1, 0.15) is 27.7 Å². The number of nitrogens with two attached hydrogens (primary N) is 1. The van der Waals surface area contributed by atoms with Gasteiger partial charge in [-0.15, -0.1) is 0 Å². The van der Waals surface area contributed by atoms with Gasteiger partial charge in [0.1, 0.15) is 0 Å². The molecule has 4 nitrogen and oxygen atoms in total. The van der Waals surface area contributed by atoms with Gasteiger partial charge in [0.15, 0.2) is 0 Å². The van der Waals surface area contributed by atoms with Crippen molar-refractivity contribution in [1.29, 1.82) is 0 Å². The van der Waals surface area contributed by atoms with Crippen LogP contribution in [0.5, 0.6) is 0 Å². The topological polar surface area (TPSA) is 62.1 Å². The lowest BCUT2D eigenvalue weighted by molar-refractivity contribution is 0.393. The molecule has 0 aliphatic rings. The third-order valence-electron chi connectivity index (χ3n) is 1.37. The van der Waals surface area contributed by atoms with Crippen LogP contribution in [-0.4, -0.2) is 0 Å². The number of allylic oxidation sites excluding steroid dienone is 2. The number of nitrogens with one attached hydrogen (secondary N) is 3. The lowest BCUT2D eigenvalue weighted by atomic mass is 9.92. The van der Waals surface area contributed by atoms with Crippen molar-refractivity contribution in [1.82, 2.24) is 16.5 Å². The van der Waals surface area contributed by atoms with Gasteiger partial charge in [-0.25, -0.2) is 0 Å². The molecule has 66 valence electrons. The normalized spacial score (nSPS) is 13.4. The van der Waals surface area contributed by atoms with E-state index in [2.05, 4.69) is 37.3 Å². The maximum Gasteiger partial charge on any atom is 0.0286 e. The minimum absolute atomic E-state index is 0.110. The van der Waals surface area contributed by atoms with Crippen molar-refractivity contribution >= 4 is 0 Å². The first-order chi connectivity index (χ1) is 5.02. The van der Waals surface area contributed by atoms with Crippen molar-refractivity contribution in [2.24, 2.45) is 11.3 Å². The van der Waals surface area contributed by atoms with Crippen molar-refractivity contribution in [2.45, 2.75) is 27.7 Å². The Bertz CT molecular complexity index is 134. The Labute approximate surface area is 68.1 Å². The van der Waals surface area contributed by atoms with Crippen molar-refractivity contribution in [3.63, 3.8) is 0 Å². The molecular formula is C7H18N4. The van der Waals surface area contributed by atoms with E-state index >= 15 is 0 Å². The highest BCUT2D eigenvalue weighted by Gasteiger charge is 2.14. The molecule has 0 heterocycles. The Morgan fingerprint density at radius 2 is 1.91 bits per heavy atom. The van der Waals surface area contributed by atoms with Crippen molar-refractivity contribution in [2.75, 3.05) is 0 Å². The second-order valence-corrected chi connectivity index (χ2v) is 3.35. The van der Waals surface area contributed by atoms with Gasteiger partial charge in [-0.3, -0.25) is 5.84 Å². The van der Waals surface area contributed by atoms with E-state index < -0.39 is 0 Å². The maximum atomic E-state index is 5.02. The largest absolute Gasteiger partial charge is 0.311 e. The SMILES string of the molecule is C/C=C(\NNNN)C(C)(C)C. The van der Waals surface area contributed by atoms with Gasteiger partial charge < -0.3 is 5.43 Å². The van der Waals surface area contributed by atoms with Gasteiger partial charge in [-0.2, -0.15) is 11.1 Å². The van der Waals surface area contributed by atoms with E-state index in [9.17, 15) is 0 Å². The number of hydrogen-bond donors (Lipinski definition) is 4. The molecule has 11 heavy (non-hydrogen) atoms. The molecule has 0 aliphatic carbocycles. The Hall–Kier alpha value is -0.580. The standard InChI is InChI=1S/C7H18N4/c1-5-6(7(2,3)4)9-11-10-8/h5,9-11H,8H2,1-4H3/b6-5-. The molecule has 0 amide bonds. The molecule has 0 rings (SSSR count). The average Bonchev–Trinajstić information content (AvgIpc) is 1.87. The summed E-state index contributed by atoms with van der Waals surface area (Å²) in [6.45, 7) is 8.33. The summed E-state index contributed by atoms with van der Waals surface area (Å²) >= 11 is 0. The summed E-state index contributed by atoms with van der Waals surface area (Å²) in [7, 11) is 0. The summed E-state index contributed by atoms with van der Waals surface area (Å²) in [4.78, 5) is 0. The molecular weight excluding hydrogens is 140 g/mol. The fourth-order valence-electron chi connectivity index (χ4n) is 0.796. The summed E-state index contributed by atoms with van der Waals surface area (Å²) < 4.78 is 0. The monoisotopic (exact) mass is 158 g/mol. The van der Waals surface area contributed by atoms with Crippen LogP contribution in [-0.2, 0) is 0 Å². The van der Waals surface area contributed by atoms with Crippen LogP contribution in [0.3, 0.4) is 0 Å². The summed E-state index contributed by atoms with van der Waals surface area (Å²) in [6.07, 6.45) is 2.00. The minimum Gasteiger partial charge on any atom is -0.311 e. The zero-order valence-electron chi connectivity index (χ0n) is 7.65. The molecule has 0 saturated heterocycles. The molecule has 0 aliphatic heterocycles. The van der Waals surface area contributed by atoms with Gasteiger partial charge in [0.25, 0.3) is 0 Å². The van der Waals surface area contributed by atoms with Crippen LogP contribution in [0, 0.1) is 5.41 Å².